The number of benzene rings is 1. The van der Waals surface area contributed by atoms with Crippen LogP contribution in [0, 0.1) is 0 Å². The van der Waals surface area contributed by atoms with Gasteiger partial charge in [0.2, 0.25) is 0 Å². The lowest BCUT2D eigenvalue weighted by Gasteiger charge is -2.24. The Kier molecular flexibility index (Phi) is 5.44. The van der Waals surface area contributed by atoms with Gasteiger partial charge in [0.1, 0.15) is 23.2 Å². The van der Waals surface area contributed by atoms with Crippen molar-refractivity contribution in [2.24, 2.45) is 4.99 Å². The highest BCUT2D eigenvalue weighted by molar-refractivity contribution is 6.15. The Balaban J connectivity index is 1.67. The van der Waals surface area contributed by atoms with Gasteiger partial charge in [-0.2, -0.15) is 0 Å². The van der Waals surface area contributed by atoms with E-state index in [1.54, 1.807) is 13.1 Å². The van der Waals surface area contributed by atoms with E-state index in [1.165, 1.54) is 30.5 Å². The van der Waals surface area contributed by atoms with Crippen molar-refractivity contribution < 1.29 is 32.5 Å². The van der Waals surface area contributed by atoms with Gasteiger partial charge in [-0.25, -0.2) is 4.98 Å². The van der Waals surface area contributed by atoms with Gasteiger partial charge in [0, 0.05) is 43.1 Å². The first-order valence-electron chi connectivity index (χ1n) is 9.66. The molecule has 1 aromatic carbocycles. The normalized spacial score (nSPS) is 23.0. The molecule has 0 saturated carbocycles. The largest absolute Gasteiger partial charge is 0.573 e. The van der Waals surface area contributed by atoms with Crippen LogP contribution in [0.1, 0.15) is 29.3 Å². The van der Waals surface area contributed by atoms with E-state index in [-0.39, 0.29) is 24.7 Å². The molecule has 1 saturated heterocycles. The molecule has 2 aliphatic rings. The SMILES string of the molecule is C[C@@H]1N=Cc2c(-c3ccc(OC(F)(F)F)cc3)cnc(NCC3(O)CCOC3)c2C1=O. The van der Waals surface area contributed by atoms with Crippen LogP contribution in [0.15, 0.2) is 35.5 Å². The lowest BCUT2D eigenvalue weighted by molar-refractivity contribution is -0.274. The van der Waals surface area contributed by atoms with Crippen molar-refractivity contribution in [1.82, 2.24) is 4.98 Å². The van der Waals surface area contributed by atoms with Crippen LogP contribution in [0.3, 0.4) is 0 Å². The number of rotatable bonds is 5. The molecule has 4 rings (SSSR count). The van der Waals surface area contributed by atoms with E-state index >= 15 is 0 Å². The minimum absolute atomic E-state index is 0.161. The summed E-state index contributed by atoms with van der Waals surface area (Å²) in [5, 5.41) is 13.5. The molecule has 164 valence electrons. The molecule has 7 nitrogen and oxygen atoms in total. The van der Waals surface area contributed by atoms with Gasteiger partial charge in [0.25, 0.3) is 0 Å². The van der Waals surface area contributed by atoms with Crippen molar-refractivity contribution in [3.63, 3.8) is 0 Å². The highest BCUT2D eigenvalue weighted by Crippen LogP contribution is 2.33. The topological polar surface area (TPSA) is 93.0 Å². The predicted octanol–water partition coefficient (Wildman–Crippen LogP) is 3.21. The maximum absolute atomic E-state index is 12.9. The van der Waals surface area contributed by atoms with Crippen LogP contribution in [0.2, 0.25) is 0 Å². The van der Waals surface area contributed by atoms with E-state index in [4.69, 9.17) is 4.74 Å². The monoisotopic (exact) mass is 435 g/mol. The number of fused-ring (bicyclic) bond motifs is 1. The highest BCUT2D eigenvalue weighted by atomic mass is 19.4. The van der Waals surface area contributed by atoms with Crippen molar-refractivity contribution >= 4 is 17.8 Å². The number of anilines is 1. The summed E-state index contributed by atoms with van der Waals surface area (Å²) in [6.45, 7) is 2.48. The average molecular weight is 435 g/mol. The van der Waals surface area contributed by atoms with E-state index < -0.39 is 18.0 Å². The molecular weight excluding hydrogens is 415 g/mol. The maximum Gasteiger partial charge on any atom is 0.573 e. The molecule has 2 aliphatic heterocycles. The van der Waals surface area contributed by atoms with Crippen molar-refractivity contribution in [3.8, 4) is 16.9 Å². The molecule has 10 heteroatoms. The number of aliphatic imine (C=N–C) groups is 1. The third kappa shape index (κ3) is 4.54. The number of pyridine rings is 1. The summed E-state index contributed by atoms with van der Waals surface area (Å²) in [5.41, 5.74) is 0.907. The van der Waals surface area contributed by atoms with E-state index in [2.05, 4.69) is 20.0 Å². The maximum atomic E-state index is 12.9. The summed E-state index contributed by atoms with van der Waals surface area (Å²) in [6.07, 6.45) is -1.22. The summed E-state index contributed by atoms with van der Waals surface area (Å²) < 4.78 is 46.4. The van der Waals surface area contributed by atoms with Gasteiger partial charge in [-0.3, -0.25) is 9.79 Å². The molecule has 1 unspecified atom stereocenters. The van der Waals surface area contributed by atoms with Crippen LogP contribution < -0.4 is 10.1 Å². The first-order chi connectivity index (χ1) is 14.7. The van der Waals surface area contributed by atoms with Crippen molar-refractivity contribution in [1.29, 1.82) is 0 Å². The Morgan fingerprint density at radius 2 is 2.06 bits per heavy atom. The summed E-state index contributed by atoms with van der Waals surface area (Å²) in [6, 6.07) is 4.72. The third-order valence-electron chi connectivity index (χ3n) is 5.24. The molecule has 31 heavy (non-hydrogen) atoms. The molecule has 2 atom stereocenters. The molecule has 0 bridgehead atoms. The Hall–Kier alpha value is -2.98. The number of halogens is 3. The van der Waals surface area contributed by atoms with Crippen LogP contribution in [0.4, 0.5) is 19.0 Å². The first-order valence-corrected chi connectivity index (χ1v) is 9.66. The Labute approximate surface area is 175 Å². The zero-order chi connectivity index (χ0) is 22.2. The highest BCUT2D eigenvalue weighted by Gasteiger charge is 2.34. The number of carbonyl (C=O) groups is 1. The van der Waals surface area contributed by atoms with Crippen molar-refractivity contribution in [3.05, 3.63) is 41.6 Å². The number of alkyl halides is 3. The zero-order valence-electron chi connectivity index (χ0n) is 16.6. The van der Waals surface area contributed by atoms with Gasteiger partial charge >= 0.3 is 6.36 Å². The molecule has 3 heterocycles. The number of aliphatic hydroxyl groups is 1. The summed E-state index contributed by atoms with van der Waals surface area (Å²) in [5.74, 6) is -0.262. The summed E-state index contributed by atoms with van der Waals surface area (Å²) in [7, 11) is 0. The minimum atomic E-state index is -4.78. The smallest absolute Gasteiger partial charge is 0.406 e. The van der Waals surface area contributed by atoms with Crippen LogP contribution >= 0.6 is 0 Å². The lowest BCUT2D eigenvalue weighted by atomic mass is 9.91. The number of carbonyl (C=O) groups excluding carboxylic acids is 1. The number of hydrogen-bond acceptors (Lipinski definition) is 7. The van der Waals surface area contributed by atoms with Gasteiger partial charge in [-0.15, -0.1) is 13.2 Å². The van der Waals surface area contributed by atoms with E-state index in [9.17, 15) is 23.1 Å². The van der Waals surface area contributed by atoms with Crippen LogP contribution in [0.25, 0.3) is 11.1 Å². The van der Waals surface area contributed by atoms with Crippen LogP contribution in [0.5, 0.6) is 5.75 Å². The molecule has 2 aromatic rings. The molecule has 0 radical (unpaired) electrons. The van der Waals surface area contributed by atoms with Gasteiger partial charge < -0.3 is 19.9 Å². The molecular formula is C21H20F3N3O4. The summed E-state index contributed by atoms with van der Waals surface area (Å²) in [4.78, 5) is 21.5. The second-order valence-corrected chi connectivity index (χ2v) is 7.58. The predicted molar refractivity (Wildman–Crippen MR) is 107 cm³/mol. The molecule has 0 amide bonds. The second kappa shape index (κ2) is 7.93. The Morgan fingerprint density at radius 1 is 1.32 bits per heavy atom. The fraction of sp³-hybridized carbons (Fsp3) is 0.381. The zero-order valence-corrected chi connectivity index (χ0v) is 16.6. The minimum Gasteiger partial charge on any atom is -0.406 e. The number of aromatic nitrogens is 1. The molecule has 1 aromatic heterocycles. The summed E-state index contributed by atoms with van der Waals surface area (Å²) >= 11 is 0. The number of Topliss-reactive ketones (excluding diaryl/α,β-unsaturated/α-hetero) is 1. The standard InChI is InChI=1S/C21H20F3N3O4/c1-12-18(28)17-16(9-25-12)15(13-2-4-14(5-3-13)31-21(22,23)24)8-26-19(17)27-10-20(29)6-7-30-11-20/h2-5,8-9,12,29H,6-7,10-11H2,1H3,(H,26,27)/t12-,20?/m0/s1. The van der Waals surface area contributed by atoms with Crippen LogP contribution in [-0.2, 0) is 4.74 Å². The fourth-order valence-corrected chi connectivity index (χ4v) is 3.56. The number of nitrogens with one attached hydrogen (secondary N) is 1. The van der Waals surface area contributed by atoms with E-state index in [0.717, 1.165) is 0 Å². The Bertz CT molecular complexity index is 1020. The van der Waals surface area contributed by atoms with Gasteiger partial charge in [0.05, 0.1) is 12.2 Å². The molecule has 0 spiro atoms. The number of nitrogens with zero attached hydrogens (tertiary/aromatic N) is 2. The molecule has 1 fully saturated rings. The van der Waals surface area contributed by atoms with E-state index in [1.807, 2.05) is 0 Å². The van der Waals surface area contributed by atoms with E-state index in [0.29, 0.717) is 41.1 Å². The van der Waals surface area contributed by atoms with Crippen molar-refractivity contribution in [2.45, 2.75) is 31.3 Å². The molecule has 0 aliphatic carbocycles. The second-order valence-electron chi connectivity index (χ2n) is 7.58. The number of ketones is 1. The average Bonchev–Trinajstić information content (AvgIpc) is 3.15. The third-order valence-corrected chi connectivity index (χ3v) is 5.24. The van der Waals surface area contributed by atoms with Gasteiger partial charge in [0.15, 0.2) is 5.78 Å². The number of ether oxygens (including phenoxy) is 2. The van der Waals surface area contributed by atoms with Gasteiger partial charge in [-0.1, -0.05) is 12.1 Å². The Morgan fingerprint density at radius 3 is 2.71 bits per heavy atom. The quantitative estimate of drug-likeness (QED) is 0.749. The van der Waals surface area contributed by atoms with Gasteiger partial charge in [-0.05, 0) is 24.6 Å². The van der Waals surface area contributed by atoms with Crippen LogP contribution in [-0.4, -0.2) is 59.9 Å². The lowest BCUT2D eigenvalue weighted by Crippen LogP contribution is -2.38. The van der Waals surface area contributed by atoms with Crippen molar-refractivity contribution in [2.75, 3.05) is 25.1 Å². The first kappa shape index (κ1) is 21.3. The fourth-order valence-electron chi connectivity index (χ4n) is 3.56. The molecule has 2 N–H and O–H groups in total. The number of hydrogen-bond donors (Lipinski definition) is 2.